The lowest BCUT2D eigenvalue weighted by Crippen LogP contribution is -2.62. The largest absolute Gasteiger partial charge is 0.346 e. The van der Waals surface area contributed by atoms with E-state index >= 15 is 0 Å². The van der Waals surface area contributed by atoms with Crippen molar-refractivity contribution in [3.05, 3.63) is 0 Å². The summed E-state index contributed by atoms with van der Waals surface area (Å²) >= 11 is 0. The van der Waals surface area contributed by atoms with Crippen molar-refractivity contribution in [3.8, 4) is 0 Å². The second-order valence-corrected chi connectivity index (χ2v) is 7.14. The van der Waals surface area contributed by atoms with Gasteiger partial charge in [0.2, 0.25) is 11.8 Å². The van der Waals surface area contributed by atoms with Crippen LogP contribution in [-0.2, 0) is 19.2 Å². The van der Waals surface area contributed by atoms with Crippen LogP contribution in [0.1, 0.15) is 38.5 Å². The summed E-state index contributed by atoms with van der Waals surface area (Å²) in [6.07, 6.45) is 5.06. The fraction of sp³-hybridized carbons (Fsp3) is 0.789. The lowest BCUT2D eigenvalue weighted by molar-refractivity contribution is -0.145. The Balaban J connectivity index is 5.40. The normalized spacial score (nSPS) is 13.4. The Kier molecular flexibility index (Phi) is 14.9. The monoisotopic (exact) mass is 414 g/mol. The van der Waals surface area contributed by atoms with Crippen molar-refractivity contribution < 1.29 is 19.2 Å². The first-order chi connectivity index (χ1) is 13.9. The van der Waals surface area contributed by atoms with Crippen LogP contribution in [0, 0.1) is 5.41 Å². The first kappa shape index (κ1) is 27.1. The van der Waals surface area contributed by atoms with Gasteiger partial charge in [0, 0.05) is 13.1 Å². The fourth-order valence-corrected chi connectivity index (χ4v) is 3.07. The summed E-state index contributed by atoms with van der Waals surface area (Å²) in [4.78, 5) is 48.9. The van der Waals surface area contributed by atoms with Crippen molar-refractivity contribution in [2.75, 3.05) is 40.3 Å². The van der Waals surface area contributed by atoms with Gasteiger partial charge in [0.25, 0.3) is 0 Å². The standard InChI is InChI=1S/C19H38N6O4/c1-22-13-19(14-23-2,17(28)24-15(11-26)7-3-5-9-20)18(29)25-16(12-27)8-4-6-10-21/h11-12,15-16,22-23H,3-10,13-14,20-21H2,1-2H3,(H,24,28)(H,25,29)/t15-,16-/m1/s1. The summed E-state index contributed by atoms with van der Waals surface area (Å²) in [6.45, 7) is 1.08. The van der Waals surface area contributed by atoms with Crippen molar-refractivity contribution >= 4 is 24.4 Å². The molecule has 0 aliphatic rings. The Morgan fingerprint density at radius 3 is 1.45 bits per heavy atom. The summed E-state index contributed by atoms with van der Waals surface area (Å²) in [5, 5.41) is 11.1. The zero-order chi connectivity index (χ0) is 22.1. The van der Waals surface area contributed by atoms with Gasteiger partial charge in [-0.3, -0.25) is 9.59 Å². The summed E-state index contributed by atoms with van der Waals surface area (Å²) in [6, 6.07) is -1.41. The molecule has 0 aromatic carbocycles. The van der Waals surface area contributed by atoms with Gasteiger partial charge in [-0.25, -0.2) is 0 Å². The van der Waals surface area contributed by atoms with Gasteiger partial charge in [-0.05, 0) is 65.7 Å². The van der Waals surface area contributed by atoms with Gasteiger partial charge in [0.15, 0.2) is 5.41 Å². The maximum Gasteiger partial charge on any atom is 0.238 e. The zero-order valence-electron chi connectivity index (χ0n) is 17.7. The van der Waals surface area contributed by atoms with E-state index in [4.69, 9.17) is 11.5 Å². The highest BCUT2D eigenvalue weighted by Crippen LogP contribution is 2.18. The third-order valence-electron chi connectivity index (χ3n) is 4.73. The Morgan fingerprint density at radius 1 is 0.793 bits per heavy atom. The van der Waals surface area contributed by atoms with Crippen LogP contribution in [0.5, 0.6) is 0 Å². The summed E-state index contributed by atoms with van der Waals surface area (Å²) in [5.74, 6) is -1.15. The molecule has 0 rings (SSSR count). The third-order valence-corrected chi connectivity index (χ3v) is 4.73. The van der Waals surface area contributed by atoms with Crippen LogP contribution in [0.2, 0.25) is 0 Å². The van der Waals surface area contributed by atoms with Crippen molar-refractivity contribution in [1.82, 2.24) is 21.3 Å². The molecule has 0 aromatic heterocycles. The minimum Gasteiger partial charge on any atom is -0.346 e. The van der Waals surface area contributed by atoms with E-state index in [9.17, 15) is 19.2 Å². The second-order valence-electron chi connectivity index (χ2n) is 7.14. The highest BCUT2D eigenvalue weighted by atomic mass is 16.2. The maximum atomic E-state index is 13.1. The van der Waals surface area contributed by atoms with E-state index in [0.717, 1.165) is 12.8 Å². The van der Waals surface area contributed by atoms with Crippen molar-refractivity contribution in [1.29, 1.82) is 0 Å². The molecule has 8 N–H and O–H groups in total. The molecule has 0 aliphatic heterocycles. The maximum absolute atomic E-state index is 13.1. The molecule has 0 fully saturated rings. The molecule has 2 atom stereocenters. The number of nitrogens with two attached hydrogens (primary N) is 2. The van der Waals surface area contributed by atoms with Gasteiger partial charge in [0.1, 0.15) is 12.6 Å². The van der Waals surface area contributed by atoms with Crippen molar-refractivity contribution in [3.63, 3.8) is 0 Å². The van der Waals surface area contributed by atoms with Crippen LogP contribution in [0.15, 0.2) is 0 Å². The molecular weight excluding hydrogens is 376 g/mol. The Bertz CT molecular complexity index is 459. The predicted molar refractivity (Wildman–Crippen MR) is 112 cm³/mol. The van der Waals surface area contributed by atoms with Gasteiger partial charge in [-0.1, -0.05) is 0 Å². The molecule has 0 radical (unpaired) electrons. The second kappa shape index (κ2) is 16.0. The van der Waals surface area contributed by atoms with Crippen molar-refractivity contribution in [2.45, 2.75) is 50.6 Å². The zero-order valence-corrected chi connectivity index (χ0v) is 17.7. The van der Waals surface area contributed by atoms with Crippen LogP contribution in [0.25, 0.3) is 0 Å². The predicted octanol–water partition coefficient (Wildman–Crippen LogP) is -1.96. The summed E-state index contributed by atoms with van der Waals surface area (Å²) in [7, 11) is 3.25. The molecule has 2 amide bonds. The Morgan fingerprint density at radius 2 is 1.17 bits per heavy atom. The molecule has 0 bridgehead atoms. The Labute approximate surface area is 173 Å². The quantitative estimate of drug-likeness (QED) is 0.0853. The molecule has 10 heteroatoms. The van der Waals surface area contributed by atoms with E-state index < -0.39 is 29.3 Å². The summed E-state index contributed by atoms with van der Waals surface area (Å²) < 4.78 is 0. The molecule has 0 spiro atoms. The smallest absolute Gasteiger partial charge is 0.238 e. The van der Waals surface area contributed by atoms with E-state index in [1.165, 1.54) is 0 Å². The van der Waals surface area contributed by atoms with E-state index in [1.807, 2.05) is 0 Å². The molecule has 168 valence electrons. The number of hydrogen-bond donors (Lipinski definition) is 6. The van der Waals surface area contributed by atoms with Crippen LogP contribution >= 0.6 is 0 Å². The number of carbonyl (C=O) groups is 4. The molecule has 0 unspecified atom stereocenters. The Hall–Kier alpha value is -1.88. The first-order valence-corrected chi connectivity index (χ1v) is 10.2. The molecule has 0 aromatic rings. The van der Waals surface area contributed by atoms with Crippen LogP contribution in [0.4, 0.5) is 0 Å². The van der Waals surface area contributed by atoms with Gasteiger partial charge < -0.3 is 42.3 Å². The van der Waals surface area contributed by atoms with E-state index in [-0.39, 0.29) is 13.1 Å². The first-order valence-electron chi connectivity index (χ1n) is 10.2. The number of amides is 2. The number of carbonyl (C=O) groups excluding carboxylic acids is 4. The van der Waals surface area contributed by atoms with Crippen molar-refractivity contribution in [2.24, 2.45) is 16.9 Å². The minimum atomic E-state index is -1.52. The third kappa shape index (κ3) is 9.44. The molecule has 10 nitrogen and oxygen atoms in total. The summed E-state index contributed by atoms with van der Waals surface area (Å²) in [5.41, 5.74) is 9.42. The average Bonchev–Trinajstić information content (AvgIpc) is 2.71. The van der Waals surface area contributed by atoms with Crippen LogP contribution < -0.4 is 32.7 Å². The molecule has 0 saturated heterocycles. The highest BCUT2D eigenvalue weighted by Gasteiger charge is 2.46. The van der Waals surface area contributed by atoms with Gasteiger partial charge in [-0.15, -0.1) is 0 Å². The molecule has 0 aliphatic carbocycles. The van der Waals surface area contributed by atoms with Gasteiger partial charge in [-0.2, -0.15) is 0 Å². The molecule has 29 heavy (non-hydrogen) atoms. The molecule has 0 saturated carbocycles. The SMILES string of the molecule is CNCC(CNC)(C(=O)N[C@@H](C=O)CCCCN)C(=O)N[C@@H](C=O)CCCCN. The number of hydrogen-bond acceptors (Lipinski definition) is 8. The highest BCUT2D eigenvalue weighted by molar-refractivity contribution is 6.06. The van der Waals surface area contributed by atoms with Gasteiger partial charge in [0.05, 0.1) is 12.1 Å². The van der Waals surface area contributed by atoms with Crippen LogP contribution in [-0.4, -0.2) is 76.7 Å². The number of aldehydes is 2. The number of nitrogens with one attached hydrogen (secondary N) is 4. The molecular formula is C19H38N6O4. The van der Waals surface area contributed by atoms with E-state index in [1.54, 1.807) is 14.1 Å². The fourth-order valence-electron chi connectivity index (χ4n) is 3.07. The topological polar surface area (TPSA) is 168 Å². The average molecular weight is 415 g/mol. The molecule has 0 heterocycles. The number of rotatable bonds is 18. The van der Waals surface area contributed by atoms with Gasteiger partial charge >= 0.3 is 0 Å². The minimum absolute atomic E-state index is 0.0360. The van der Waals surface area contributed by atoms with Crippen LogP contribution in [0.3, 0.4) is 0 Å². The van der Waals surface area contributed by atoms with E-state index in [2.05, 4.69) is 21.3 Å². The number of unbranched alkanes of at least 4 members (excludes halogenated alkanes) is 2. The lowest BCUT2D eigenvalue weighted by Gasteiger charge is -2.33. The lowest BCUT2D eigenvalue weighted by atomic mass is 9.84. The van der Waals surface area contributed by atoms with E-state index in [0.29, 0.717) is 51.3 Å².